The number of ether oxygens (including phenoxy) is 2. The van der Waals surface area contributed by atoms with Crippen LogP contribution >= 0.6 is 0 Å². The molecule has 104 valence electrons. The van der Waals surface area contributed by atoms with Gasteiger partial charge in [0, 0.05) is 0 Å². The van der Waals surface area contributed by atoms with Gasteiger partial charge in [-0.2, -0.15) is 0 Å². The number of ketones is 1. The minimum absolute atomic E-state index is 0.930. The van der Waals surface area contributed by atoms with E-state index in [-0.39, 0.29) is 0 Å². The predicted octanol–water partition coefficient (Wildman–Crippen LogP) is 1.58. The minimum atomic E-state index is -2.65. The van der Waals surface area contributed by atoms with E-state index in [2.05, 4.69) is 9.47 Å². The Morgan fingerprint density at radius 3 is 1.61 bits per heavy atom. The lowest BCUT2D eigenvalue weighted by atomic mass is 10.1. The quantitative estimate of drug-likeness (QED) is 0.438. The molecule has 0 saturated carbocycles. The number of carbonyl (C=O) groups excluding carboxylic acids is 3. The van der Waals surface area contributed by atoms with Crippen molar-refractivity contribution in [2.75, 3.05) is 0 Å². The van der Waals surface area contributed by atoms with E-state index in [0.717, 1.165) is 0 Å². The molecule has 0 aliphatic heterocycles. The third kappa shape index (κ3) is 6.32. The number of hydrogen-bond acceptors (Lipinski definition) is 5. The van der Waals surface area contributed by atoms with Crippen LogP contribution in [0.2, 0.25) is 0 Å². The fraction of sp³-hybridized carbons (Fsp3) is 0.750. The van der Waals surface area contributed by atoms with Gasteiger partial charge in [-0.3, -0.25) is 4.79 Å². The maximum atomic E-state index is 13.4. The Balaban J connectivity index is 4.61. The number of alkyl halides is 1. The maximum Gasteiger partial charge on any atom is 0.378 e. The molecule has 0 N–H and O–H groups in total. The van der Waals surface area contributed by atoms with Gasteiger partial charge < -0.3 is 9.47 Å². The van der Waals surface area contributed by atoms with Crippen LogP contribution in [0.5, 0.6) is 0 Å². The second kappa shape index (κ2) is 5.46. The van der Waals surface area contributed by atoms with Gasteiger partial charge in [-0.05, 0) is 41.5 Å². The fourth-order valence-corrected chi connectivity index (χ4v) is 0.892. The molecular formula is C12H19FO5. The van der Waals surface area contributed by atoms with E-state index < -0.39 is 35.1 Å². The van der Waals surface area contributed by atoms with Crippen LogP contribution in [-0.2, 0) is 23.9 Å². The monoisotopic (exact) mass is 262 g/mol. The Morgan fingerprint density at radius 1 is 0.889 bits per heavy atom. The zero-order valence-corrected chi connectivity index (χ0v) is 11.5. The van der Waals surface area contributed by atoms with Gasteiger partial charge in [0.25, 0.3) is 12.0 Å². The second-order valence-electron chi connectivity index (χ2n) is 5.76. The van der Waals surface area contributed by atoms with E-state index in [4.69, 9.17) is 0 Å². The number of esters is 2. The first-order valence-corrected chi connectivity index (χ1v) is 5.47. The first kappa shape index (κ1) is 16.5. The molecule has 0 aromatic rings. The average molecular weight is 262 g/mol. The molecule has 0 bridgehead atoms. The summed E-state index contributed by atoms with van der Waals surface area (Å²) >= 11 is 0. The molecule has 1 unspecified atom stereocenters. The molecule has 0 aromatic heterocycles. The largest absolute Gasteiger partial charge is 0.457 e. The van der Waals surface area contributed by atoms with Gasteiger partial charge >= 0.3 is 11.9 Å². The topological polar surface area (TPSA) is 69.7 Å². The summed E-state index contributed by atoms with van der Waals surface area (Å²) in [6.45, 7) is 9.15. The molecule has 0 rings (SSSR count). The van der Waals surface area contributed by atoms with E-state index in [1.807, 2.05) is 0 Å². The van der Waals surface area contributed by atoms with E-state index in [1.54, 1.807) is 0 Å². The third-order valence-corrected chi connectivity index (χ3v) is 1.44. The molecule has 5 nitrogen and oxygen atoms in total. The molecule has 0 fully saturated rings. The zero-order chi connectivity index (χ0) is 14.7. The van der Waals surface area contributed by atoms with Crippen molar-refractivity contribution in [1.29, 1.82) is 0 Å². The van der Waals surface area contributed by atoms with Crippen LogP contribution in [0, 0.1) is 0 Å². The lowest BCUT2D eigenvalue weighted by Gasteiger charge is -2.21. The van der Waals surface area contributed by atoms with Crippen molar-refractivity contribution in [1.82, 2.24) is 0 Å². The van der Waals surface area contributed by atoms with Crippen LogP contribution in [0.4, 0.5) is 4.39 Å². The highest BCUT2D eigenvalue weighted by Crippen LogP contribution is 2.12. The summed E-state index contributed by atoms with van der Waals surface area (Å²) in [6, 6.07) is 0. The number of carbonyl (C=O) groups is 3. The average Bonchev–Trinajstić information content (AvgIpc) is 2.09. The molecule has 0 aliphatic carbocycles. The number of rotatable bonds is 3. The number of halogens is 1. The molecule has 0 aliphatic rings. The van der Waals surface area contributed by atoms with E-state index in [9.17, 15) is 18.8 Å². The van der Waals surface area contributed by atoms with E-state index in [0.29, 0.717) is 0 Å². The maximum absolute atomic E-state index is 13.4. The molecule has 0 heterocycles. The highest BCUT2D eigenvalue weighted by atomic mass is 19.1. The van der Waals surface area contributed by atoms with Gasteiger partial charge in [-0.1, -0.05) is 0 Å². The molecule has 0 spiro atoms. The lowest BCUT2D eigenvalue weighted by Crippen LogP contribution is -2.40. The highest BCUT2D eigenvalue weighted by Gasteiger charge is 2.37. The third-order valence-electron chi connectivity index (χ3n) is 1.44. The van der Waals surface area contributed by atoms with Crippen molar-refractivity contribution >= 4 is 17.7 Å². The summed E-state index contributed by atoms with van der Waals surface area (Å²) in [5.41, 5.74) is -1.87. The SMILES string of the molecule is CC(C)(C)OC(=O)C(=O)C(F)C(=O)OC(C)(C)C. The Bertz CT molecular complexity index is 348. The minimum Gasteiger partial charge on any atom is -0.457 e. The first-order valence-electron chi connectivity index (χ1n) is 5.47. The van der Waals surface area contributed by atoms with Gasteiger partial charge in [-0.25, -0.2) is 14.0 Å². The van der Waals surface area contributed by atoms with E-state index in [1.165, 1.54) is 41.5 Å². The standard InChI is InChI=1S/C12H19FO5/c1-11(2,3)17-9(15)7(13)8(14)10(16)18-12(4,5)6/h7H,1-6H3. The number of hydrogen-bond donors (Lipinski definition) is 0. The van der Waals surface area contributed by atoms with E-state index >= 15 is 0 Å². The lowest BCUT2D eigenvalue weighted by molar-refractivity contribution is -0.172. The molecular weight excluding hydrogens is 243 g/mol. The highest BCUT2D eigenvalue weighted by molar-refractivity contribution is 6.39. The Kier molecular flexibility index (Phi) is 5.01. The molecule has 1 atom stereocenters. The van der Waals surface area contributed by atoms with Crippen LogP contribution < -0.4 is 0 Å². The summed E-state index contributed by atoms with van der Waals surface area (Å²) < 4.78 is 22.7. The van der Waals surface area contributed by atoms with Gasteiger partial charge in [0.2, 0.25) is 0 Å². The molecule has 18 heavy (non-hydrogen) atoms. The predicted molar refractivity (Wildman–Crippen MR) is 61.6 cm³/mol. The Morgan fingerprint density at radius 2 is 1.28 bits per heavy atom. The smallest absolute Gasteiger partial charge is 0.378 e. The van der Waals surface area contributed by atoms with Crippen molar-refractivity contribution < 1.29 is 28.2 Å². The second-order valence-corrected chi connectivity index (χ2v) is 5.76. The van der Waals surface area contributed by atoms with Crippen LogP contribution in [0.15, 0.2) is 0 Å². The number of Topliss-reactive ketones (excluding diaryl/α,β-unsaturated/α-hetero) is 1. The van der Waals surface area contributed by atoms with Crippen LogP contribution in [0.25, 0.3) is 0 Å². The Hall–Kier alpha value is -1.46. The first-order chi connectivity index (χ1) is 7.83. The van der Waals surface area contributed by atoms with Crippen LogP contribution in [0.1, 0.15) is 41.5 Å². The zero-order valence-electron chi connectivity index (χ0n) is 11.5. The summed E-state index contributed by atoms with van der Waals surface area (Å²) in [6.07, 6.45) is -2.65. The fourth-order valence-electron chi connectivity index (χ4n) is 0.892. The van der Waals surface area contributed by atoms with Crippen LogP contribution in [-0.4, -0.2) is 35.1 Å². The van der Waals surface area contributed by atoms with Gasteiger partial charge in [0.15, 0.2) is 0 Å². The van der Waals surface area contributed by atoms with Gasteiger partial charge in [-0.15, -0.1) is 0 Å². The van der Waals surface area contributed by atoms with Crippen molar-refractivity contribution in [2.24, 2.45) is 0 Å². The molecule has 0 aromatic carbocycles. The van der Waals surface area contributed by atoms with Gasteiger partial charge in [0.1, 0.15) is 11.2 Å². The van der Waals surface area contributed by atoms with Crippen LogP contribution in [0.3, 0.4) is 0 Å². The van der Waals surface area contributed by atoms with Crippen molar-refractivity contribution in [2.45, 2.75) is 58.9 Å². The van der Waals surface area contributed by atoms with Crippen molar-refractivity contribution in [3.05, 3.63) is 0 Å². The van der Waals surface area contributed by atoms with Gasteiger partial charge in [0.05, 0.1) is 0 Å². The summed E-state index contributed by atoms with van der Waals surface area (Å²) in [7, 11) is 0. The summed E-state index contributed by atoms with van der Waals surface area (Å²) in [5.74, 6) is -4.33. The molecule has 0 saturated heterocycles. The Labute approximate surface area is 106 Å². The summed E-state index contributed by atoms with van der Waals surface area (Å²) in [5, 5.41) is 0. The molecule has 0 amide bonds. The summed E-state index contributed by atoms with van der Waals surface area (Å²) in [4.78, 5) is 33.8. The molecule has 0 radical (unpaired) electrons. The molecule has 6 heteroatoms. The van der Waals surface area contributed by atoms with Crippen molar-refractivity contribution in [3.8, 4) is 0 Å². The van der Waals surface area contributed by atoms with Crippen molar-refractivity contribution in [3.63, 3.8) is 0 Å². The normalized spacial score (nSPS) is 13.7.